The number of nitrogens with zero attached hydrogens (tertiary/aromatic N) is 2. The molecule has 0 radical (unpaired) electrons. The Morgan fingerprint density at radius 3 is 2.50 bits per heavy atom. The van der Waals surface area contributed by atoms with Crippen molar-refractivity contribution in [3.05, 3.63) is 65.2 Å². The number of carbonyl (C=O) groups excluding carboxylic acids is 1. The van der Waals surface area contributed by atoms with Crippen molar-refractivity contribution in [1.82, 2.24) is 4.90 Å². The van der Waals surface area contributed by atoms with Crippen molar-refractivity contribution in [2.75, 3.05) is 20.2 Å². The molecule has 136 valence electrons. The van der Waals surface area contributed by atoms with Crippen LogP contribution in [-0.4, -0.2) is 42.8 Å². The summed E-state index contributed by atoms with van der Waals surface area (Å²) in [6.45, 7) is 5.16. The number of aryl methyl sites for hydroxylation is 1. The maximum atomic E-state index is 12.7. The van der Waals surface area contributed by atoms with Crippen LogP contribution in [0.25, 0.3) is 0 Å². The van der Waals surface area contributed by atoms with E-state index in [0.717, 1.165) is 17.0 Å². The molecule has 2 aromatic carbocycles. The van der Waals surface area contributed by atoms with Gasteiger partial charge in [0.1, 0.15) is 5.75 Å². The van der Waals surface area contributed by atoms with E-state index in [1.54, 1.807) is 36.3 Å². The summed E-state index contributed by atoms with van der Waals surface area (Å²) < 4.78 is 5.14. The van der Waals surface area contributed by atoms with Crippen LogP contribution in [0.3, 0.4) is 0 Å². The van der Waals surface area contributed by atoms with Crippen molar-refractivity contribution in [3.8, 4) is 5.75 Å². The molecule has 1 aliphatic rings. The predicted molar refractivity (Wildman–Crippen MR) is 102 cm³/mol. The number of likely N-dealkylation sites (N-methyl/N-ethyl adjacent to an activating group) is 1. The van der Waals surface area contributed by atoms with Gasteiger partial charge in [-0.05, 0) is 43.7 Å². The highest BCUT2D eigenvalue weighted by atomic mass is 16.6. The highest BCUT2D eigenvalue weighted by Gasteiger charge is 2.26. The molecule has 0 fully saturated rings. The average molecular weight is 352 g/mol. The molecule has 0 bridgehead atoms. The number of oxime groups is 1. The Labute approximate surface area is 154 Å². The standard InChI is InChI=1S/C21H24N2O3/c1-4-23(21(24)17-9-11-18(25-3)12-10-17)14-19-13-20(22-26-19)16-7-5-15(2)6-8-16/h5-12,19H,4,13-14H2,1-3H3. The number of ether oxygens (including phenoxy) is 1. The van der Waals surface area contributed by atoms with Crippen LogP contribution >= 0.6 is 0 Å². The van der Waals surface area contributed by atoms with Gasteiger partial charge >= 0.3 is 0 Å². The third-order valence-corrected chi connectivity index (χ3v) is 4.55. The molecule has 0 aliphatic carbocycles. The summed E-state index contributed by atoms with van der Waals surface area (Å²) in [4.78, 5) is 20.1. The molecule has 0 spiro atoms. The topological polar surface area (TPSA) is 51.1 Å². The molecule has 1 atom stereocenters. The van der Waals surface area contributed by atoms with Crippen LogP contribution in [0, 0.1) is 6.92 Å². The highest BCUT2D eigenvalue weighted by Crippen LogP contribution is 2.19. The molecule has 5 nitrogen and oxygen atoms in total. The van der Waals surface area contributed by atoms with E-state index in [-0.39, 0.29) is 12.0 Å². The lowest BCUT2D eigenvalue weighted by Crippen LogP contribution is -2.37. The van der Waals surface area contributed by atoms with Crippen molar-refractivity contribution in [2.24, 2.45) is 5.16 Å². The zero-order chi connectivity index (χ0) is 18.5. The first-order valence-corrected chi connectivity index (χ1v) is 8.83. The normalized spacial score (nSPS) is 16.0. The number of carbonyl (C=O) groups is 1. The van der Waals surface area contributed by atoms with Gasteiger partial charge in [-0.15, -0.1) is 0 Å². The largest absolute Gasteiger partial charge is 0.497 e. The fourth-order valence-electron chi connectivity index (χ4n) is 2.96. The second-order valence-corrected chi connectivity index (χ2v) is 6.41. The molecule has 2 aromatic rings. The third-order valence-electron chi connectivity index (χ3n) is 4.55. The molecule has 0 aromatic heterocycles. The summed E-state index contributed by atoms with van der Waals surface area (Å²) in [5, 5.41) is 4.22. The smallest absolute Gasteiger partial charge is 0.253 e. The quantitative estimate of drug-likeness (QED) is 0.797. The van der Waals surface area contributed by atoms with E-state index in [1.807, 2.05) is 6.92 Å². The minimum absolute atomic E-state index is 0.0115. The second-order valence-electron chi connectivity index (χ2n) is 6.41. The Morgan fingerprint density at radius 2 is 1.88 bits per heavy atom. The first-order chi connectivity index (χ1) is 12.6. The zero-order valence-electron chi connectivity index (χ0n) is 15.4. The molecule has 0 N–H and O–H groups in total. The highest BCUT2D eigenvalue weighted by molar-refractivity contribution is 6.01. The van der Waals surface area contributed by atoms with Gasteiger partial charge in [-0.25, -0.2) is 0 Å². The van der Waals surface area contributed by atoms with Crippen molar-refractivity contribution in [2.45, 2.75) is 26.4 Å². The molecule has 5 heteroatoms. The van der Waals surface area contributed by atoms with Crippen molar-refractivity contribution < 1.29 is 14.4 Å². The van der Waals surface area contributed by atoms with Gasteiger partial charge in [0.25, 0.3) is 5.91 Å². The minimum atomic E-state index is -0.117. The monoisotopic (exact) mass is 352 g/mol. The Hall–Kier alpha value is -2.82. The molecule has 3 rings (SSSR count). The summed E-state index contributed by atoms with van der Waals surface area (Å²) in [6, 6.07) is 15.4. The number of hydrogen-bond acceptors (Lipinski definition) is 4. The molecular formula is C21H24N2O3. The Kier molecular flexibility index (Phi) is 5.56. The summed E-state index contributed by atoms with van der Waals surface area (Å²) in [5.74, 6) is 0.724. The number of hydrogen-bond donors (Lipinski definition) is 0. The van der Waals surface area contributed by atoms with Crippen molar-refractivity contribution >= 4 is 11.6 Å². The maximum Gasteiger partial charge on any atom is 0.253 e. The predicted octanol–water partition coefficient (Wildman–Crippen LogP) is 3.66. The van der Waals surface area contributed by atoms with Gasteiger partial charge in [0, 0.05) is 18.5 Å². The molecule has 0 saturated heterocycles. The first kappa shape index (κ1) is 18.0. The van der Waals surface area contributed by atoms with Crippen molar-refractivity contribution in [1.29, 1.82) is 0 Å². The lowest BCUT2D eigenvalue weighted by Gasteiger charge is -2.23. The van der Waals surface area contributed by atoms with Gasteiger partial charge in [0.05, 0.1) is 19.4 Å². The molecule has 0 saturated carbocycles. The Morgan fingerprint density at radius 1 is 1.19 bits per heavy atom. The van der Waals surface area contributed by atoms with Crippen LogP contribution in [-0.2, 0) is 4.84 Å². The second kappa shape index (κ2) is 8.04. The van der Waals surface area contributed by atoms with Crippen molar-refractivity contribution in [3.63, 3.8) is 0 Å². The van der Waals surface area contributed by atoms with E-state index < -0.39 is 0 Å². The van der Waals surface area contributed by atoms with Gasteiger partial charge in [-0.2, -0.15) is 0 Å². The van der Waals surface area contributed by atoms with Gasteiger partial charge in [0.2, 0.25) is 0 Å². The number of methoxy groups -OCH3 is 1. The van der Waals surface area contributed by atoms with Crippen LogP contribution in [0.2, 0.25) is 0 Å². The van der Waals surface area contributed by atoms with Gasteiger partial charge in [-0.3, -0.25) is 4.79 Å². The SMILES string of the molecule is CCN(CC1CC(c2ccc(C)cc2)=NO1)C(=O)c1ccc(OC)cc1. The summed E-state index contributed by atoms with van der Waals surface area (Å²) >= 11 is 0. The molecular weight excluding hydrogens is 328 g/mol. The van der Waals surface area contributed by atoms with Crippen LogP contribution in [0.15, 0.2) is 53.7 Å². The minimum Gasteiger partial charge on any atom is -0.497 e. The lowest BCUT2D eigenvalue weighted by atomic mass is 10.0. The summed E-state index contributed by atoms with van der Waals surface area (Å²) in [7, 11) is 1.61. The molecule has 1 aliphatic heterocycles. The fraction of sp³-hybridized carbons (Fsp3) is 0.333. The van der Waals surface area contributed by atoms with Crippen LogP contribution in [0.5, 0.6) is 5.75 Å². The van der Waals surface area contributed by atoms with Crippen LogP contribution < -0.4 is 4.74 Å². The number of benzene rings is 2. The summed E-state index contributed by atoms with van der Waals surface area (Å²) in [5.41, 5.74) is 3.86. The molecule has 26 heavy (non-hydrogen) atoms. The Bertz CT molecular complexity index is 782. The van der Waals surface area contributed by atoms with E-state index in [4.69, 9.17) is 9.57 Å². The number of amides is 1. The van der Waals surface area contributed by atoms with Gasteiger partial charge in [0.15, 0.2) is 6.10 Å². The first-order valence-electron chi connectivity index (χ1n) is 8.83. The number of rotatable bonds is 6. The molecule has 1 heterocycles. The van der Waals surface area contributed by atoms with E-state index in [0.29, 0.717) is 25.1 Å². The third kappa shape index (κ3) is 4.04. The van der Waals surface area contributed by atoms with E-state index in [9.17, 15) is 4.79 Å². The lowest BCUT2D eigenvalue weighted by molar-refractivity contribution is 0.0436. The molecule has 1 unspecified atom stereocenters. The van der Waals surface area contributed by atoms with Crippen LogP contribution in [0.4, 0.5) is 0 Å². The van der Waals surface area contributed by atoms with E-state index in [2.05, 4.69) is 36.3 Å². The summed E-state index contributed by atoms with van der Waals surface area (Å²) in [6.07, 6.45) is 0.587. The van der Waals surface area contributed by atoms with E-state index >= 15 is 0 Å². The van der Waals surface area contributed by atoms with E-state index in [1.165, 1.54) is 5.56 Å². The fourth-order valence-corrected chi connectivity index (χ4v) is 2.96. The molecule has 1 amide bonds. The Balaban J connectivity index is 1.62. The van der Waals surface area contributed by atoms with Gasteiger partial charge < -0.3 is 14.5 Å². The van der Waals surface area contributed by atoms with Crippen LogP contribution in [0.1, 0.15) is 34.8 Å². The zero-order valence-corrected chi connectivity index (χ0v) is 15.4. The maximum absolute atomic E-state index is 12.7. The average Bonchev–Trinajstić information content (AvgIpc) is 3.15. The van der Waals surface area contributed by atoms with Gasteiger partial charge in [-0.1, -0.05) is 35.0 Å².